The minimum atomic E-state index is -0.998. The van der Waals surface area contributed by atoms with Crippen molar-refractivity contribution in [3.05, 3.63) is 39.3 Å². The second-order valence-electron chi connectivity index (χ2n) is 4.08. The lowest BCUT2D eigenvalue weighted by Crippen LogP contribution is -2.23. The molecule has 0 spiro atoms. The number of fused-ring (bicyclic) bond motifs is 1. The van der Waals surface area contributed by atoms with Crippen LogP contribution in [0.25, 0.3) is 10.9 Å². The maximum Gasteiger partial charge on any atom is 0.334 e. The van der Waals surface area contributed by atoms with Crippen LogP contribution < -0.4 is 0 Å². The number of carbonyl (C=O) groups is 1. The summed E-state index contributed by atoms with van der Waals surface area (Å²) in [5, 5.41) is 3.83. The number of benzene rings is 1. The van der Waals surface area contributed by atoms with E-state index < -0.39 is 12.0 Å². The summed E-state index contributed by atoms with van der Waals surface area (Å²) in [5.74, 6) is -0.580. The number of carbonyl (C=O) groups excluding carboxylic acids is 1. The van der Waals surface area contributed by atoms with Crippen molar-refractivity contribution in [2.75, 3.05) is 6.61 Å². The number of halogens is 1. The number of H-pyrrole nitrogens is 1. The van der Waals surface area contributed by atoms with Gasteiger partial charge in [0.2, 0.25) is 0 Å². The van der Waals surface area contributed by atoms with Crippen LogP contribution in [0.2, 0.25) is 0 Å². The number of ether oxygens (including phenoxy) is 1. The molecule has 100 valence electrons. The Kier molecular flexibility index (Phi) is 4.31. The van der Waals surface area contributed by atoms with Crippen LogP contribution in [-0.4, -0.2) is 23.6 Å². The average molecular weight is 325 g/mol. The fraction of sp³-hybridized carbons (Fsp3) is 0.308. The van der Waals surface area contributed by atoms with Crippen LogP contribution in [0.5, 0.6) is 0 Å². The first-order valence-corrected chi connectivity index (χ1v) is 6.69. The third-order valence-electron chi connectivity index (χ3n) is 2.83. The maximum atomic E-state index is 11.6. The molecular formula is C13H13BrN2O3. The summed E-state index contributed by atoms with van der Waals surface area (Å²) >= 11 is 3.39. The number of nitrogens with one attached hydrogen (secondary N) is 1. The van der Waals surface area contributed by atoms with Crippen LogP contribution in [0.4, 0.5) is 0 Å². The molecule has 0 bridgehead atoms. The zero-order chi connectivity index (χ0) is 13.8. The van der Waals surface area contributed by atoms with Crippen LogP contribution in [-0.2, 0) is 16.0 Å². The van der Waals surface area contributed by atoms with Gasteiger partial charge in [-0.25, -0.2) is 4.79 Å². The predicted octanol–water partition coefficient (Wildman–Crippen LogP) is 3.17. The third kappa shape index (κ3) is 3.01. The summed E-state index contributed by atoms with van der Waals surface area (Å²) in [6, 6.07) is 4.78. The van der Waals surface area contributed by atoms with Crippen LogP contribution in [0.3, 0.4) is 0 Å². The van der Waals surface area contributed by atoms with E-state index >= 15 is 0 Å². The van der Waals surface area contributed by atoms with E-state index in [0.29, 0.717) is 0 Å². The molecule has 2 aromatic rings. The molecule has 6 heteroatoms. The van der Waals surface area contributed by atoms with Gasteiger partial charge in [-0.3, -0.25) is 0 Å². The minimum Gasteiger partial charge on any atom is -0.464 e. The highest BCUT2D eigenvalue weighted by molar-refractivity contribution is 9.10. The fourth-order valence-corrected chi connectivity index (χ4v) is 2.30. The molecule has 5 nitrogen and oxygen atoms in total. The number of nitrogens with zero attached hydrogens (tertiary/aromatic N) is 1. The summed E-state index contributed by atoms with van der Waals surface area (Å²) < 4.78 is 5.79. The SMILES string of the molecule is CCOC(=O)C(Cc1c[nH]c2cc(Br)ccc12)N=O. The quantitative estimate of drug-likeness (QED) is 0.678. The Morgan fingerprint density at radius 1 is 1.53 bits per heavy atom. The molecule has 1 aromatic carbocycles. The van der Waals surface area contributed by atoms with Crippen molar-refractivity contribution in [1.29, 1.82) is 0 Å². The average Bonchev–Trinajstić information content (AvgIpc) is 2.78. The van der Waals surface area contributed by atoms with Crippen molar-refractivity contribution in [1.82, 2.24) is 4.98 Å². The number of hydrogen-bond acceptors (Lipinski definition) is 4. The second-order valence-corrected chi connectivity index (χ2v) is 5.00. The lowest BCUT2D eigenvalue weighted by atomic mass is 10.1. The van der Waals surface area contributed by atoms with E-state index in [-0.39, 0.29) is 13.0 Å². The largest absolute Gasteiger partial charge is 0.464 e. The molecule has 1 unspecified atom stereocenters. The van der Waals surface area contributed by atoms with E-state index in [2.05, 4.69) is 26.1 Å². The molecule has 1 atom stereocenters. The Balaban J connectivity index is 2.25. The van der Waals surface area contributed by atoms with E-state index in [1.165, 1.54) is 0 Å². The lowest BCUT2D eigenvalue weighted by molar-refractivity contribution is -0.144. The molecule has 2 rings (SSSR count). The first kappa shape index (κ1) is 13.7. The van der Waals surface area contributed by atoms with Crippen molar-refractivity contribution in [3.63, 3.8) is 0 Å². The summed E-state index contributed by atoms with van der Waals surface area (Å²) in [4.78, 5) is 25.4. The van der Waals surface area contributed by atoms with Gasteiger partial charge in [-0.15, -0.1) is 4.91 Å². The van der Waals surface area contributed by atoms with Crippen molar-refractivity contribution in [2.45, 2.75) is 19.4 Å². The van der Waals surface area contributed by atoms with Gasteiger partial charge in [0.15, 0.2) is 6.04 Å². The molecular weight excluding hydrogens is 312 g/mol. The van der Waals surface area contributed by atoms with E-state index in [1.807, 2.05) is 18.2 Å². The third-order valence-corrected chi connectivity index (χ3v) is 3.32. The predicted molar refractivity (Wildman–Crippen MR) is 75.9 cm³/mol. The highest BCUT2D eigenvalue weighted by Gasteiger charge is 2.22. The number of aromatic amines is 1. The number of aromatic nitrogens is 1. The smallest absolute Gasteiger partial charge is 0.334 e. The van der Waals surface area contributed by atoms with E-state index in [0.717, 1.165) is 20.9 Å². The summed E-state index contributed by atoms with van der Waals surface area (Å²) in [6.45, 7) is 1.94. The zero-order valence-corrected chi connectivity index (χ0v) is 11.9. The molecule has 0 saturated heterocycles. The Labute approximate surface area is 118 Å². The topological polar surface area (TPSA) is 71.5 Å². The van der Waals surface area contributed by atoms with E-state index in [1.54, 1.807) is 13.1 Å². The van der Waals surface area contributed by atoms with Gasteiger partial charge in [-0.1, -0.05) is 27.2 Å². The Morgan fingerprint density at radius 2 is 2.32 bits per heavy atom. The molecule has 0 amide bonds. The van der Waals surface area contributed by atoms with Crippen molar-refractivity contribution >= 4 is 32.8 Å². The molecule has 19 heavy (non-hydrogen) atoms. The maximum absolute atomic E-state index is 11.6. The fourth-order valence-electron chi connectivity index (χ4n) is 1.94. The molecule has 1 N–H and O–H groups in total. The van der Waals surface area contributed by atoms with Gasteiger partial charge >= 0.3 is 5.97 Å². The van der Waals surface area contributed by atoms with Crippen LogP contribution in [0.1, 0.15) is 12.5 Å². The van der Waals surface area contributed by atoms with Gasteiger partial charge in [0.1, 0.15) is 0 Å². The standard InChI is InChI=1S/C13H13BrN2O3/c1-2-19-13(17)12(16-18)5-8-7-15-11-6-9(14)3-4-10(8)11/h3-4,6-7,12,15H,2,5H2,1H3. The van der Waals surface area contributed by atoms with Crippen LogP contribution in [0, 0.1) is 4.91 Å². The molecule has 1 aromatic heterocycles. The van der Waals surface area contributed by atoms with Crippen molar-refractivity contribution in [2.24, 2.45) is 5.18 Å². The molecule has 0 saturated carbocycles. The highest BCUT2D eigenvalue weighted by atomic mass is 79.9. The van der Waals surface area contributed by atoms with Crippen LogP contribution in [0.15, 0.2) is 34.0 Å². The van der Waals surface area contributed by atoms with E-state index in [4.69, 9.17) is 4.74 Å². The normalized spacial score (nSPS) is 12.3. The lowest BCUT2D eigenvalue weighted by Gasteiger charge is -2.07. The molecule has 0 aliphatic heterocycles. The highest BCUT2D eigenvalue weighted by Crippen LogP contribution is 2.23. The first-order chi connectivity index (χ1) is 9.15. The monoisotopic (exact) mass is 324 g/mol. The van der Waals surface area contributed by atoms with E-state index in [9.17, 15) is 9.70 Å². The molecule has 0 radical (unpaired) electrons. The summed E-state index contributed by atoms with van der Waals surface area (Å²) in [6.07, 6.45) is 2.03. The first-order valence-electron chi connectivity index (χ1n) is 5.90. The Bertz CT molecular complexity index is 609. The molecule has 0 aliphatic rings. The van der Waals surface area contributed by atoms with Gasteiger partial charge in [0, 0.05) is 28.0 Å². The summed E-state index contributed by atoms with van der Waals surface area (Å²) in [7, 11) is 0. The van der Waals surface area contributed by atoms with Crippen molar-refractivity contribution in [3.8, 4) is 0 Å². The Hall–Kier alpha value is -1.69. The van der Waals surface area contributed by atoms with Crippen LogP contribution >= 0.6 is 15.9 Å². The van der Waals surface area contributed by atoms with Gasteiger partial charge in [0.25, 0.3) is 0 Å². The van der Waals surface area contributed by atoms with Gasteiger partial charge in [-0.2, -0.15) is 0 Å². The summed E-state index contributed by atoms with van der Waals surface area (Å²) in [5.41, 5.74) is 1.82. The number of hydrogen-bond donors (Lipinski definition) is 1. The van der Waals surface area contributed by atoms with Gasteiger partial charge in [0.05, 0.1) is 6.61 Å². The second kappa shape index (κ2) is 5.97. The zero-order valence-electron chi connectivity index (χ0n) is 10.4. The minimum absolute atomic E-state index is 0.240. The molecule has 0 fully saturated rings. The van der Waals surface area contributed by atoms with Gasteiger partial charge in [-0.05, 0) is 24.6 Å². The number of nitroso groups, excluding NO2 is 1. The van der Waals surface area contributed by atoms with Gasteiger partial charge < -0.3 is 9.72 Å². The number of esters is 1. The molecule has 1 heterocycles. The molecule has 0 aliphatic carbocycles. The van der Waals surface area contributed by atoms with Crippen molar-refractivity contribution < 1.29 is 9.53 Å². The Morgan fingerprint density at radius 3 is 3.00 bits per heavy atom. The number of rotatable bonds is 5.